The molecular formula is C14H14Cl2N2S. The van der Waals surface area contributed by atoms with Crippen LogP contribution in [0, 0.1) is 0 Å². The molecule has 100 valence electrons. The fraction of sp³-hybridized carbons (Fsp3) is 0.357. The largest absolute Gasteiger partial charge is 0.347 e. The third-order valence-electron chi connectivity index (χ3n) is 3.20. The number of alkyl halides is 1. The van der Waals surface area contributed by atoms with E-state index >= 15 is 0 Å². The van der Waals surface area contributed by atoms with Gasteiger partial charge in [0.1, 0.15) is 5.82 Å². The van der Waals surface area contributed by atoms with Gasteiger partial charge in [-0.15, -0.1) is 22.9 Å². The van der Waals surface area contributed by atoms with Crippen molar-refractivity contribution in [3.05, 3.63) is 45.2 Å². The second kappa shape index (κ2) is 5.70. The summed E-state index contributed by atoms with van der Waals surface area (Å²) in [7, 11) is 0. The van der Waals surface area contributed by atoms with Gasteiger partial charge in [0.05, 0.1) is 11.6 Å². The van der Waals surface area contributed by atoms with E-state index in [2.05, 4.69) is 27.4 Å². The first-order valence-corrected chi connectivity index (χ1v) is 8.06. The fourth-order valence-electron chi connectivity index (χ4n) is 2.09. The van der Waals surface area contributed by atoms with Crippen molar-refractivity contribution in [2.24, 2.45) is 0 Å². The number of hydrogen-bond donors (Lipinski definition) is 0. The zero-order valence-electron chi connectivity index (χ0n) is 10.4. The second-order valence-electron chi connectivity index (χ2n) is 4.72. The molecule has 0 saturated heterocycles. The zero-order chi connectivity index (χ0) is 13.2. The maximum absolute atomic E-state index is 6.36. The third kappa shape index (κ3) is 3.04. The smallest absolute Gasteiger partial charge is 0.147 e. The molecule has 0 N–H and O–H groups in total. The molecule has 1 saturated carbocycles. The van der Waals surface area contributed by atoms with Gasteiger partial charge in [0, 0.05) is 23.0 Å². The zero-order valence-corrected chi connectivity index (χ0v) is 12.7. The van der Waals surface area contributed by atoms with E-state index in [-0.39, 0.29) is 0 Å². The number of halogens is 2. The number of pyridine rings is 1. The van der Waals surface area contributed by atoms with Crippen molar-refractivity contribution in [2.45, 2.75) is 31.3 Å². The molecule has 0 aromatic carbocycles. The molecule has 5 heteroatoms. The van der Waals surface area contributed by atoms with E-state index in [1.54, 1.807) is 11.3 Å². The van der Waals surface area contributed by atoms with Crippen LogP contribution in [0.3, 0.4) is 0 Å². The van der Waals surface area contributed by atoms with Gasteiger partial charge >= 0.3 is 0 Å². The van der Waals surface area contributed by atoms with Crippen LogP contribution in [0.2, 0.25) is 5.02 Å². The second-order valence-corrected chi connectivity index (χ2v) is 6.43. The van der Waals surface area contributed by atoms with Crippen molar-refractivity contribution in [1.29, 1.82) is 0 Å². The number of rotatable bonds is 5. The lowest BCUT2D eigenvalue weighted by atomic mass is 10.3. The lowest BCUT2D eigenvalue weighted by Gasteiger charge is -2.24. The molecule has 1 aliphatic rings. The molecule has 2 aromatic rings. The first kappa shape index (κ1) is 13.2. The lowest BCUT2D eigenvalue weighted by molar-refractivity contribution is 0.786. The van der Waals surface area contributed by atoms with E-state index in [0.717, 1.165) is 17.9 Å². The van der Waals surface area contributed by atoms with Crippen LogP contribution in [-0.2, 0) is 12.4 Å². The Kier molecular flexibility index (Phi) is 3.96. The quantitative estimate of drug-likeness (QED) is 0.744. The number of aromatic nitrogens is 1. The molecule has 2 aromatic heterocycles. The summed E-state index contributed by atoms with van der Waals surface area (Å²) in [6, 6.07) is 6.73. The number of hydrogen-bond acceptors (Lipinski definition) is 3. The molecule has 1 fully saturated rings. The van der Waals surface area contributed by atoms with Gasteiger partial charge in [-0.25, -0.2) is 4.98 Å². The Bertz CT molecular complexity index is 553. The Morgan fingerprint density at radius 2 is 2.26 bits per heavy atom. The van der Waals surface area contributed by atoms with Gasteiger partial charge < -0.3 is 4.90 Å². The average Bonchev–Trinajstić information content (AvgIpc) is 3.14. The molecular weight excluding hydrogens is 299 g/mol. The van der Waals surface area contributed by atoms with E-state index in [0.29, 0.717) is 16.9 Å². The standard InChI is InChI=1S/C14H14Cl2N2S/c15-7-10-6-13(16)14(17-8-10)18(11-3-4-11)9-12-2-1-5-19-12/h1-2,5-6,8,11H,3-4,7,9H2. The van der Waals surface area contributed by atoms with Crippen molar-refractivity contribution in [1.82, 2.24) is 4.98 Å². The molecule has 1 aliphatic carbocycles. The Hall–Kier alpha value is -0.770. The highest BCUT2D eigenvalue weighted by atomic mass is 35.5. The van der Waals surface area contributed by atoms with Gasteiger partial charge in [-0.3, -0.25) is 0 Å². The monoisotopic (exact) mass is 312 g/mol. The van der Waals surface area contributed by atoms with Gasteiger partial charge in [-0.05, 0) is 35.9 Å². The Morgan fingerprint density at radius 1 is 1.42 bits per heavy atom. The maximum atomic E-state index is 6.36. The number of nitrogens with zero attached hydrogens (tertiary/aromatic N) is 2. The molecule has 2 heterocycles. The van der Waals surface area contributed by atoms with E-state index in [1.165, 1.54) is 17.7 Å². The summed E-state index contributed by atoms with van der Waals surface area (Å²) in [5.41, 5.74) is 0.960. The van der Waals surface area contributed by atoms with Gasteiger partial charge in [0.15, 0.2) is 0 Å². The Labute approximate surface area is 127 Å². The highest BCUT2D eigenvalue weighted by Gasteiger charge is 2.31. The molecule has 0 bridgehead atoms. The molecule has 0 aliphatic heterocycles. The van der Waals surface area contributed by atoms with Crippen LogP contribution in [0.15, 0.2) is 29.8 Å². The summed E-state index contributed by atoms with van der Waals surface area (Å²) in [6.07, 6.45) is 4.26. The normalized spacial score (nSPS) is 14.6. The van der Waals surface area contributed by atoms with Gasteiger partial charge in [0.2, 0.25) is 0 Å². The summed E-state index contributed by atoms with van der Waals surface area (Å²) >= 11 is 13.9. The van der Waals surface area contributed by atoms with Crippen molar-refractivity contribution in [2.75, 3.05) is 4.90 Å². The molecule has 19 heavy (non-hydrogen) atoms. The minimum absolute atomic E-state index is 0.446. The van der Waals surface area contributed by atoms with Crippen LogP contribution >= 0.6 is 34.5 Å². The molecule has 2 nitrogen and oxygen atoms in total. The first-order valence-electron chi connectivity index (χ1n) is 6.27. The predicted molar refractivity (Wildman–Crippen MR) is 82.3 cm³/mol. The molecule has 0 spiro atoms. The molecule has 0 unspecified atom stereocenters. The first-order chi connectivity index (χ1) is 9.28. The van der Waals surface area contributed by atoms with E-state index in [9.17, 15) is 0 Å². The molecule has 3 rings (SSSR count). The summed E-state index contributed by atoms with van der Waals surface area (Å²) in [4.78, 5) is 8.16. The summed E-state index contributed by atoms with van der Waals surface area (Å²) < 4.78 is 0. The van der Waals surface area contributed by atoms with Gasteiger partial charge in [-0.2, -0.15) is 0 Å². The van der Waals surface area contributed by atoms with Crippen LogP contribution < -0.4 is 4.90 Å². The molecule has 0 radical (unpaired) electrons. The molecule has 0 atom stereocenters. The predicted octanol–water partition coefficient (Wildman–Crippen LogP) is 4.70. The van der Waals surface area contributed by atoms with Crippen LogP contribution in [0.25, 0.3) is 0 Å². The third-order valence-corrected chi connectivity index (χ3v) is 4.65. The summed E-state index contributed by atoms with van der Waals surface area (Å²) in [5, 5.41) is 2.80. The SMILES string of the molecule is ClCc1cnc(N(Cc2cccs2)C2CC2)c(Cl)c1. The molecule has 0 amide bonds. The Morgan fingerprint density at radius 3 is 2.84 bits per heavy atom. The Balaban J connectivity index is 1.87. The summed E-state index contributed by atoms with van der Waals surface area (Å²) in [6.45, 7) is 0.884. The van der Waals surface area contributed by atoms with E-state index in [4.69, 9.17) is 23.2 Å². The van der Waals surface area contributed by atoms with Crippen LogP contribution in [0.4, 0.5) is 5.82 Å². The maximum Gasteiger partial charge on any atom is 0.147 e. The van der Waals surface area contributed by atoms with Crippen LogP contribution in [-0.4, -0.2) is 11.0 Å². The van der Waals surface area contributed by atoms with Crippen LogP contribution in [0.1, 0.15) is 23.3 Å². The van der Waals surface area contributed by atoms with E-state index < -0.39 is 0 Å². The van der Waals surface area contributed by atoms with Gasteiger partial charge in [0.25, 0.3) is 0 Å². The highest BCUT2D eigenvalue weighted by molar-refractivity contribution is 7.09. The van der Waals surface area contributed by atoms with Crippen molar-refractivity contribution in [3.63, 3.8) is 0 Å². The number of anilines is 1. The van der Waals surface area contributed by atoms with Crippen molar-refractivity contribution < 1.29 is 0 Å². The minimum Gasteiger partial charge on any atom is -0.347 e. The van der Waals surface area contributed by atoms with Crippen molar-refractivity contribution in [3.8, 4) is 0 Å². The fourth-order valence-corrected chi connectivity index (χ4v) is 3.23. The number of thiophene rings is 1. The summed E-state index contributed by atoms with van der Waals surface area (Å²) in [5.74, 6) is 1.33. The van der Waals surface area contributed by atoms with Crippen LogP contribution in [0.5, 0.6) is 0 Å². The lowest BCUT2D eigenvalue weighted by Crippen LogP contribution is -2.25. The van der Waals surface area contributed by atoms with Gasteiger partial charge in [-0.1, -0.05) is 17.7 Å². The average molecular weight is 313 g/mol. The minimum atomic E-state index is 0.446. The topological polar surface area (TPSA) is 16.1 Å². The van der Waals surface area contributed by atoms with Crippen molar-refractivity contribution >= 4 is 40.4 Å². The highest BCUT2D eigenvalue weighted by Crippen LogP contribution is 2.36. The van der Waals surface area contributed by atoms with E-state index in [1.807, 2.05) is 12.3 Å².